The Kier molecular flexibility index (Phi) is 5.03. The maximum atomic E-state index is 11.9. The number of anilines is 1. The molecule has 1 amide bonds. The molecule has 0 radical (unpaired) electrons. The lowest BCUT2D eigenvalue weighted by Crippen LogP contribution is -2.36. The van der Waals surface area contributed by atoms with Gasteiger partial charge < -0.3 is 15.4 Å². The van der Waals surface area contributed by atoms with Gasteiger partial charge in [0.15, 0.2) is 6.10 Å². The van der Waals surface area contributed by atoms with Crippen LogP contribution in [-0.4, -0.2) is 26.8 Å². The zero-order valence-corrected chi connectivity index (χ0v) is 15.1. The number of rotatable bonds is 6. The topological polar surface area (TPSA) is 81.1 Å². The zero-order valence-electron chi connectivity index (χ0n) is 15.1. The van der Waals surface area contributed by atoms with Crippen LogP contribution < -0.4 is 15.4 Å². The quantitative estimate of drug-likeness (QED) is 0.843. The van der Waals surface area contributed by atoms with Crippen molar-refractivity contribution in [1.82, 2.24) is 20.1 Å². The standard InChI is InChI=1S/C18H25N5O2/c1-5-15-18(24)22-14-7-6-13(8-16(14)25-15)12(4)19-9-17-20-10-21-23(17)11(2)3/h6-8,10-12,15,19H,5,9H2,1-4H3,(H,22,24)/t12-,15-/m1/s1. The lowest BCUT2D eigenvalue weighted by atomic mass is 10.1. The van der Waals surface area contributed by atoms with Crippen molar-refractivity contribution in [3.63, 3.8) is 0 Å². The highest BCUT2D eigenvalue weighted by atomic mass is 16.5. The molecular weight excluding hydrogens is 318 g/mol. The Hall–Kier alpha value is -2.41. The van der Waals surface area contributed by atoms with Gasteiger partial charge in [-0.05, 0) is 44.9 Å². The van der Waals surface area contributed by atoms with E-state index in [-0.39, 0.29) is 18.0 Å². The SMILES string of the molecule is CC[C@H]1Oc2cc([C@@H](C)NCc3ncnn3C(C)C)ccc2NC1=O. The van der Waals surface area contributed by atoms with E-state index in [9.17, 15) is 4.79 Å². The molecular formula is C18H25N5O2. The summed E-state index contributed by atoms with van der Waals surface area (Å²) in [5.74, 6) is 1.55. The number of hydrogen-bond donors (Lipinski definition) is 2. The van der Waals surface area contributed by atoms with E-state index in [4.69, 9.17) is 4.74 Å². The predicted molar refractivity (Wildman–Crippen MR) is 95.4 cm³/mol. The van der Waals surface area contributed by atoms with Crippen LogP contribution in [0.4, 0.5) is 5.69 Å². The summed E-state index contributed by atoms with van der Waals surface area (Å²) in [7, 11) is 0. The molecule has 134 valence electrons. The fourth-order valence-electron chi connectivity index (χ4n) is 2.89. The monoisotopic (exact) mass is 343 g/mol. The smallest absolute Gasteiger partial charge is 0.265 e. The van der Waals surface area contributed by atoms with Gasteiger partial charge in [-0.2, -0.15) is 5.10 Å². The molecule has 7 nitrogen and oxygen atoms in total. The van der Waals surface area contributed by atoms with E-state index in [1.807, 2.05) is 29.8 Å². The van der Waals surface area contributed by atoms with Crippen LogP contribution in [0.25, 0.3) is 0 Å². The van der Waals surface area contributed by atoms with Gasteiger partial charge in [-0.3, -0.25) is 4.79 Å². The molecule has 1 aliphatic rings. The van der Waals surface area contributed by atoms with Crippen molar-refractivity contribution in [2.75, 3.05) is 5.32 Å². The normalized spacial score (nSPS) is 17.8. The van der Waals surface area contributed by atoms with Crippen LogP contribution in [0.2, 0.25) is 0 Å². The number of benzene rings is 1. The highest BCUT2D eigenvalue weighted by Crippen LogP contribution is 2.33. The summed E-state index contributed by atoms with van der Waals surface area (Å²) in [6, 6.07) is 6.27. The summed E-state index contributed by atoms with van der Waals surface area (Å²) in [5.41, 5.74) is 1.82. The van der Waals surface area contributed by atoms with Crippen LogP contribution in [0.5, 0.6) is 5.75 Å². The Morgan fingerprint density at radius 2 is 2.16 bits per heavy atom. The number of aromatic nitrogens is 3. The van der Waals surface area contributed by atoms with E-state index in [2.05, 4.69) is 41.5 Å². The fraction of sp³-hybridized carbons (Fsp3) is 0.500. The number of carbonyl (C=O) groups excluding carboxylic acids is 1. The fourth-order valence-corrected chi connectivity index (χ4v) is 2.89. The number of amides is 1. The van der Waals surface area contributed by atoms with Crippen molar-refractivity contribution in [3.8, 4) is 5.75 Å². The van der Waals surface area contributed by atoms with E-state index in [0.717, 1.165) is 22.8 Å². The zero-order chi connectivity index (χ0) is 18.0. The maximum absolute atomic E-state index is 11.9. The van der Waals surface area contributed by atoms with E-state index < -0.39 is 6.10 Å². The average Bonchev–Trinajstić information content (AvgIpc) is 3.07. The minimum Gasteiger partial charge on any atom is -0.478 e. The highest BCUT2D eigenvalue weighted by Gasteiger charge is 2.26. The van der Waals surface area contributed by atoms with Crippen molar-refractivity contribution in [2.24, 2.45) is 0 Å². The van der Waals surface area contributed by atoms with Crippen molar-refractivity contribution < 1.29 is 9.53 Å². The van der Waals surface area contributed by atoms with Crippen molar-refractivity contribution in [1.29, 1.82) is 0 Å². The number of nitrogens with one attached hydrogen (secondary N) is 2. The van der Waals surface area contributed by atoms with Crippen LogP contribution in [0.1, 0.15) is 57.6 Å². The molecule has 1 aliphatic heterocycles. The molecule has 1 aromatic carbocycles. The van der Waals surface area contributed by atoms with Gasteiger partial charge in [0.25, 0.3) is 5.91 Å². The Bertz CT molecular complexity index is 756. The second kappa shape index (κ2) is 7.23. The molecule has 7 heteroatoms. The molecule has 0 bridgehead atoms. The maximum Gasteiger partial charge on any atom is 0.265 e. The third kappa shape index (κ3) is 3.66. The van der Waals surface area contributed by atoms with Crippen LogP contribution in [0.15, 0.2) is 24.5 Å². The summed E-state index contributed by atoms with van der Waals surface area (Å²) in [4.78, 5) is 16.2. The first-order valence-corrected chi connectivity index (χ1v) is 8.72. The first-order chi connectivity index (χ1) is 12.0. The summed E-state index contributed by atoms with van der Waals surface area (Å²) in [5, 5.41) is 10.6. The van der Waals surface area contributed by atoms with E-state index in [1.54, 1.807) is 6.33 Å². The minimum atomic E-state index is -0.421. The lowest BCUT2D eigenvalue weighted by molar-refractivity contribution is -0.123. The Balaban J connectivity index is 1.70. The summed E-state index contributed by atoms with van der Waals surface area (Å²) in [6.45, 7) is 8.83. The number of ether oxygens (including phenoxy) is 1. The molecule has 3 rings (SSSR count). The number of carbonyl (C=O) groups is 1. The molecule has 0 unspecified atom stereocenters. The summed E-state index contributed by atoms with van der Waals surface area (Å²) >= 11 is 0. The van der Waals surface area contributed by atoms with Crippen molar-refractivity contribution in [2.45, 2.75) is 58.8 Å². The van der Waals surface area contributed by atoms with Gasteiger partial charge in [0.05, 0.1) is 12.2 Å². The van der Waals surface area contributed by atoms with E-state index in [1.165, 1.54) is 0 Å². The molecule has 0 fully saturated rings. The van der Waals surface area contributed by atoms with Crippen LogP contribution in [0.3, 0.4) is 0 Å². The number of hydrogen-bond acceptors (Lipinski definition) is 5. The van der Waals surface area contributed by atoms with Gasteiger partial charge in [-0.25, -0.2) is 9.67 Å². The molecule has 0 spiro atoms. The Morgan fingerprint density at radius 3 is 2.88 bits per heavy atom. The van der Waals surface area contributed by atoms with Gasteiger partial charge >= 0.3 is 0 Å². The highest BCUT2D eigenvalue weighted by molar-refractivity contribution is 5.97. The molecule has 0 saturated carbocycles. The molecule has 0 saturated heterocycles. The second-order valence-electron chi connectivity index (χ2n) is 6.58. The molecule has 2 heterocycles. The predicted octanol–water partition coefficient (Wildman–Crippen LogP) is 2.82. The molecule has 2 aromatic rings. The number of nitrogens with zero attached hydrogens (tertiary/aromatic N) is 3. The third-order valence-electron chi connectivity index (χ3n) is 4.40. The molecule has 2 atom stereocenters. The molecule has 1 aromatic heterocycles. The van der Waals surface area contributed by atoms with Gasteiger partial charge in [0, 0.05) is 12.1 Å². The first kappa shape index (κ1) is 17.4. The van der Waals surface area contributed by atoms with Gasteiger partial charge in [-0.15, -0.1) is 0 Å². The van der Waals surface area contributed by atoms with Gasteiger partial charge in [-0.1, -0.05) is 13.0 Å². The molecule has 0 aliphatic carbocycles. The Morgan fingerprint density at radius 1 is 1.36 bits per heavy atom. The third-order valence-corrected chi connectivity index (χ3v) is 4.40. The van der Waals surface area contributed by atoms with Crippen LogP contribution >= 0.6 is 0 Å². The van der Waals surface area contributed by atoms with Gasteiger partial charge in [0.1, 0.15) is 17.9 Å². The largest absolute Gasteiger partial charge is 0.478 e. The second-order valence-corrected chi connectivity index (χ2v) is 6.58. The van der Waals surface area contributed by atoms with Crippen LogP contribution in [-0.2, 0) is 11.3 Å². The lowest BCUT2D eigenvalue weighted by Gasteiger charge is -2.26. The van der Waals surface area contributed by atoms with E-state index >= 15 is 0 Å². The molecule has 25 heavy (non-hydrogen) atoms. The Labute approximate surface area is 147 Å². The molecule has 2 N–H and O–H groups in total. The van der Waals surface area contributed by atoms with Crippen molar-refractivity contribution >= 4 is 11.6 Å². The summed E-state index contributed by atoms with van der Waals surface area (Å²) < 4.78 is 7.73. The van der Waals surface area contributed by atoms with E-state index in [0.29, 0.717) is 13.0 Å². The summed E-state index contributed by atoms with van der Waals surface area (Å²) in [6.07, 6.45) is 1.81. The number of fused-ring (bicyclic) bond motifs is 1. The van der Waals surface area contributed by atoms with Crippen molar-refractivity contribution in [3.05, 3.63) is 35.9 Å². The first-order valence-electron chi connectivity index (χ1n) is 8.72. The van der Waals surface area contributed by atoms with Crippen LogP contribution in [0, 0.1) is 0 Å². The average molecular weight is 343 g/mol. The minimum absolute atomic E-state index is 0.0815. The van der Waals surface area contributed by atoms with Gasteiger partial charge in [0.2, 0.25) is 0 Å².